The summed E-state index contributed by atoms with van der Waals surface area (Å²) >= 11 is 0. The molecule has 39 heavy (non-hydrogen) atoms. The molecule has 1 aromatic heterocycles. The zero-order valence-corrected chi connectivity index (χ0v) is 21.5. The zero-order valence-electron chi connectivity index (χ0n) is 21.5. The van der Waals surface area contributed by atoms with Crippen molar-refractivity contribution < 1.29 is 19.1 Å². The van der Waals surface area contributed by atoms with Gasteiger partial charge < -0.3 is 15.0 Å². The molecule has 0 saturated carbocycles. The molecule has 0 unspecified atom stereocenters. The van der Waals surface area contributed by atoms with E-state index >= 15 is 0 Å². The highest BCUT2D eigenvalue weighted by Crippen LogP contribution is 2.30. The van der Waals surface area contributed by atoms with Gasteiger partial charge in [0.2, 0.25) is 0 Å². The molecule has 9 heteroatoms. The monoisotopic (exact) mass is 523 g/mol. The number of aromatic nitrogens is 2. The molecule has 1 aliphatic rings. The minimum atomic E-state index is -0.579. The van der Waals surface area contributed by atoms with Crippen LogP contribution in [0, 0.1) is 0 Å². The lowest BCUT2D eigenvalue weighted by Gasteiger charge is -2.32. The first-order chi connectivity index (χ1) is 19.0. The Kier molecular flexibility index (Phi) is 7.68. The normalized spacial score (nSPS) is 13.5. The van der Waals surface area contributed by atoms with E-state index in [1.54, 1.807) is 41.2 Å². The van der Waals surface area contributed by atoms with Crippen LogP contribution < -0.4 is 10.6 Å². The van der Waals surface area contributed by atoms with Crippen molar-refractivity contribution in [2.45, 2.75) is 18.8 Å². The first kappa shape index (κ1) is 25.7. The second-order valence-electron chi connectivity index (χ2n) is 9.32. The third-order valence-corrected chi connectivity index (χ3v) is 6.81. The number of rotatable bonds is 6. The van der Waals surface area contributed by atoms with E-state index in [0.717, 1.165) is 18.5 Å². The van der Waals surface area contributed by atoms with Crippen LogP contribution in [0.3, 0.4) is 0 Å². The van der Waals surface area contributed by atoms with Gasteiger partial charge in [0.05, 0.1) is 12.8 Å². The maximum absolute atomic E-state index is 13.0. The molecular formula is C30H29N5O4. The fourth-order valence-corrected chi connectivity index (χ4v) is 4.70. The lowest BCUT2D eigenvalue weighted by Crippen LogP contribution is -2.37. The summed E-state index contributed by atoms with van der Waals surface area (Å²) in [7, 11) is 1.29. The molecule has 2 heterocycles. The number of carbonyl (C=O) groups excluding carboxylic acids is 3. The number of amides is 3. The van der Waals surface area contributed by atoms with E-state index in [1.807, 2.05) is 59.5 Å². The van der Waals surface area contributed by atoms with E-state index in [2.05, 4.69) is 20.5 Å². The van der Waals surface area contributed by atoms with E-state index in [4.69, 9.17) is 0 Å². The molecule has 3 amide bonds. The highest BCUT2D eigenvalue weighted by Gasteiger charge is 2.25. The summed E-state index contributed by atoms with van der Waals surface area (Å²) in [6, 6.07) is 26.0. The van der Waals surface area contributed by atoms with Crippen LogP contribution in [0.15, 0.2) is 91.1 Å². The standard InChI is InChI=1S/C30H29N5O4/c1-39-30(38)32-25-7-5-6-23(20-25)29(37)34-17-14-22(15-18-34)21-10-12-24(13-11-21)31-28(36)27-16-19-35(33-27)26-8-3-2-4-9-26/h2-13,16,19-20,22H,14-15,17-18H2,1H3,(H,31,36)(H,32,38). The lowest BCUT2D eigenvalue weighted by molar-refractivity contribution is 0.0713. The molecule has 2 N–H and O–H groups in total. The molecule has 1 fully saturated rings. The number of likely N-dealkylation sites (tertiary alicyclic amines) is 1. The number of para-hydroxylation sites is 1. The smallest absolute Gasteiger partial charge is 0.411 e. The van der Waals surface area contributed by atoms with Gasteiger partial charge in [-0.3, -0.25) is 14.9 Å². The van der Waals surface area contributed by atoms with Crippen LogP contribution in [-0.4, -0.2) is 52.8 Å². The molecule has 9 nitrogen and oxygen atoms in total. The van der Waals surface area contributed by atoms with Gasteiger partial charge in [0.1, 0.15) is 0 Å². The molecule has 1 aliphatic heterocycles. The Morgan fingerprint density at radius 2 is 1.59 bits per heavy atom. The first-order valence-corrected chi connectivity index (χ1v) is 12.8. The number of piperidine rings is 1. The van der Waals surface area contributed by atoms with Gasteiger partial charge in [-0.1, -0.05) is 36.4 Å². The van der Waals surface area contributed by atoms with Gasteiger partial charge in [-0.2, -0.15) is 5.10 Å². The van der Waals surface area contributed by atoms with Gasteiger partial charge in [0, 0.05) is 36.2 Å². The highest BCUT2D eigenvalue weighted by atomic mass is 16.5. The number of ether oxygens (including phenoxy) is 1. The Morgan fingerprint density at radius 3 is 2.31 bits per heavy atom. The fraction of sp³-hybridized carbons (Fsp3) is 0.200. The molecule has 5 rings (SSSR count). The van der Waals surface area contributed by atoms with E-state index in [1.165, 1.54) is 12.7 Å². The molecule has 1 saturated heterocycles. The number of hydrogen-bond donors (Lipinski definition) is 2. The quantitative estimate of drug-likeness (QED) is 0.356. The van der Waals surface area contributed by atoms with Gasteiger partial charge in [-0.05, 0) is 72.9 Å². The Bertz CT molecular complexity index is 1460. The Labute approximate surface area is 226 Å². The number of methoxy groups -OCH3 is 1. The van der Waals surface area contributed by atoms with Crippen LogP contribution in [0.25, 0.3) is 5.69 Å². The summed E-state index contributed by atoms with van der Waals surface area (Å²) in [6.07, 6.45) is 2.87. The number of benzene rings is 3. The van der Waals surface area contributed by atoms with Crippen molar-refractivity contribution >= 4 is 29.3 Å². The zero-order chi connectivity index (χ0) is 27.2. The van der Waals surface area contributed by atoms with Crippen LogP contribution in [0.4, 0.5) is 16.2 Å². The van der Waals surface area contributed by atoms with Crippen molar-refractivity contribution in [1.82, 2.24) is 14.7 Å². The third-order valence-electron chi connectivity index (χ3n) is 6.81. The Morgan fingerprint density at radius 1 is 0.846 bits per heavy atom. The van der Waals surface area contributed by atoms with Gasteiger partial charge in [0.25, 0.3) is 11.8 Å². The second kappa shape index (κ2) is 11.6. The SMILES string of the molecule is COC(=O)Nc1cccc(C(=O)N2CCC(c3ccc(NC(=O)c4ccn(-c5ccccc5)n4)cc3)CC2)c1. The summed E-state index contributed by atoms with van der Waals surface area (Å²) in [6.45, 7) is 1.28. The summed E-state index contributed by atoms with van der Waals surface area (Å²) in [5.41, 5.74) is 4.14. The Hall–Kier alpha value is -4.92. The van der Waals surface area contributed by atoms with Crippen LogP contribution in [0.2, 0.25) is 0 Å². The number of carbonyl (C=O) groups is 3. The predicted octanol–water partition coefficient (Wildman–Crippen LogP) is 5.32. The summed E-state index contributed by atoms with van der Waals surface area (Å²) in [4.78, 5) is 39.0. The number of hydrogen-bond acceptors (Lipinski definition) is 5. The van der Waals surface area contributed by atoms with Crippen LogP contribution >= 0.6 is 0 Å². The summed E-state index contributed by atoms with van der Waals surface area (Å²) in [5.74, 6) is -0.00228. The maximum atomic E-state index is 13.0. The third kappa shape index (κ3) is 6.15. The second-order valence-corrected chi connectivity index (χ2v) is 9.32. The molecule has 3 aromatic carbocycles. The molecule has 0 radical (unpaired) electrons. The van der Waals surface area contributed by atoms with E-state index < -0.39 is 6.09 Å². The van der Waals surface area contributed by atoms with Crippen molar-refractivity contribution in [2.24, 2.45) is 0 Å². The van der Waals surface area contributed by atoms with Gasteiger partial charge in [0.15, 0.2) is 5.69 Å². The number of anilines is 2. The average molecular weight is 524 g/mol. The molecular weight excluding hydrogens is 494 g/mol. The molecule has 0 spiro atoms. The van der Waals surface area contributed by atoms with Crippen molar-refractivity contribution in [2.75, 3.05) is 30.8 Å². The molecule has 0 atom stereocenters. The summed E-state index contributed by atoms with van der Waals surface area (Å²) < 4.78 is 6.29. The molecule has 0 bridgehead atoms. The predicted molar refractivity (Wildman–Crippen MR) is 148 cm³/mol. The van der Waals surface area contributed by atoms with Gasteiger partial charge >= 0.3 is 6.09 Å². The minimum absolute atomic E-state index is 0.0604. The molecule has 198 valence electrons. The molecule has 4 aromatic rings. The van der Waals surface area contributed by atoms with Crippen LogP contribution in [0.5, 0.6) is 0 Å². The largest absolute Gasteiger partial charge is 0.453 e. The number of nitrogens with zero attached hydrogens (tertiary/aromatic N) is 3. The van der Waals surface area contributed by atoms with Gasteiger partial charge in [-0.15, -0.1) is 0 Å². The van der Waals surface area contributed by atoms with Crippen molar-refractivity contribution in [3.05, 3.63) is 108 Å². The van der Waals surface area contributed by atoms with Crippen molar-refractivity contribution in [3.8, 4) is 5.69 Å². The van der Waals surface area contributed by atoms with Gasteiger partial charge in [-0.25, -0.2) is 9.48 Å². The lowest BCUT2D eigenvalue weighted by atomic mass is 9.89. The fourth-order valence-electron chi connectivity index (χ4n) is 4.70. The topological polar surface area (TPSA) is 106 Å². The van der Waals surface area contributed by atoms with E-state index in [9.17, 15) is 14.4 Å². The minimum Gasteiger partial charge on any atom is -0.453 e. The van der Waals surface area contributed by atoms with Crippen molar-refractivity contribution in [1.29, 1.82) is 0 Å². The van der Waals surface area contributed by atoms with E-state index in [0.29, 0.717) is 41.6 Å². The first-order valence-electron chi connectivity index (χ1n) is 12.8. The molecule has 0 aliphatic carbocycles. The van der Waals surface area contributed by atoms with Crippen LogP contribution in [-0.2, 0) is 4.74 Å². The van der Waals surface area contributed by atoms with E-state index in [-0.39, 0.29) is 11.8 Å². The highest BCUT2D eigenvalue weighted by molar-refractivity contribution is 6.02. The maximum Gasteiger partial charge on any atom is 0.411 e. The number of nitrogens with one attached hydrogen (secondary N) is 2. The van der Waals surface area contributed by atoms with Crippen LogP contribution in [0.1, 0.15) is 45.2 Å². The average Bonchev–Trinajstić information content (AvgIpc) is 3.49. The summed E-state index contributed by atoms with van der Waals surface area (Å²) in [5, 5.41) is 9.88. The Balaban J connectivity index is 1.15. The van der Waals surface area contributed by atoms with Crippen molar-refractivity contribution in [3.63, 3.8) is 0 Å².